The maximum absolute atomic E-state index is 12.0. The van der Waals surface area contributed by atoms with Crippen LogP contribution in [-0.2, 0) is 14.8 Å². The number of amides is 1. The third kappa shape index (κ3) is 2.67. The van der Waals surface area contributed by atoms with Crippen molar-refractivity contribution < 1.29 is 18.3 Å². The first-order valence-electron chi connectivity index (χ1n) is 6.28. The Hall–Kier alpha value is -0.660. The van der Waals surface area contributed by atoms with E-state index in [-0.39, 0.29) is 30.6 Å². The van der Waals surface area contributed by atoms with Crippen molar-refractivity contribution in [3.8, 4) is 0 Å². The Morgan fingerprint density at radius 3 is 2.50 bits per heavy atom. The van der Waals surface area contributed by atoms with Crippen LogP contribution in [0.2, 0.25) is 0 Å². The fourth-order valence-electron chi connectivity index (χ4n) is 3.23. The number of sulfonamides is 1. The number of aliphatic hydroxyl groups excluding tert-OH is 1. The van der Waals surface area contributed by atoms with Crippen LogP contribution in [0.4, 0.5) is 0 Å². The first-order valence-corrected chi connectivity index (χ1v) is 8.00. The summed E-state index contributed by atoms with van der Waals surface area (Å²) in [4.78, 5) is 13.7. The van der Waals surface area contributed by atoms with E-state index in [9.17, 15) is 18.3 Å². The predicted molar refractivity (Wildman–Crippen MR) is 66.1 cm³/mol. The van der Waals surface area contributed by atoms with Gasteiger partial charge in [0.25, 0.3) is 0 Å². The molecule has 2 rings (SSSR count). The fraction of sp³-hybridized carbons (Fsp3) is 0.909. The van der Waals surface area contributed by atoms with Crippen molar-refractivity contribution >= 4 is 15.9 Å². The van der Waals surface area contributed by atoms with Gasteiger partial charge in [-0.05, 0) is 12.8 Å². The highest BCUT2D eigenvalue weighted by Gasteiger charge is 2.46. The van der Waals surface area contributed by atoms with Crippen LogP contribution in [0.25, 0.3) is 0 Å². The molecule has 2 aliphatic rings. The van der Waals surface area contributed by atoms with Crippen LogP contribution >= 0.6 is 0 Å². The van der Waals surface area contributed by atoms with E-state index in [4.69, 9.17) is 5.14 Å². The Morgan fingerprint density at radius 2 is 2.00 bits per heavy atom. The zero-order valence-electron chi connectivity index (χ0n) is 10.3. The highest BCUT2D eigenvalue weighted by Crippen LogP contribution is 2.38. The molecule has 0 aromatic rings. The van der Waals surface area contributed by atoms with E-state index in [2.05, 4.69) is 0 Å². The van der Waals surface area contributed by atoms with Crippen LogP contribution in [0.3, 0.4) is 0 Å². The fourth-order valence-corrected chi connectivity index (χ4v) is 4.11. The number of hydrogen-bond donors (Lipinski definition) is 2. The van der Waals surface area contributed by atoms with Gasteiger partial charge in [-0.3, -0.25) is 4.79 Å². The van der Waals surface area contributed by atoms with E-state index >= 15 is 0 Å². The summed E-state index contributed by atoms with van der Waals surface area (Å²) in [5.41, 5.74) is -0.454. The molecule has 1 heterocycles. The number of likely N-dealkylation sites (tertiary alicyclic amines) is 1. The molecule has 0 aromatic carbocycles. The van der Waals surface area contributed by atoms with Gasteiger partial charge in [0.2, 0.25) is 15.9 Å². The van der Waals surface area contributed by atoms with Crippen molar-refractivity contribution in [3.63, 3.8) is 0 Å². The van der Waals surface area contributed by atoms with Gasteiger partial charge in [0.1, 0.15) is 0 Å². The van der Waals surface area contributed by atoms with Crippen LogP contribution in [-0.4, -0.2) is 48.8 Å². The van der Waals surface area contributed by atoms with Gasteiger partial charge in [-0.2, -0.15) is 0 Å². The molecule has 18 heavy (non-hydrogen) atoms. The van der Waals surface area contributed by atoms with Gasteiger partial charge in [0.15, 0.2) is 0 Å². The maximum Gasteiger partial charge on any atom is 0.223 e. The second-order valence-electron chi connectivity index (χ2n) is 5.49. The van der Waals surface area contributed by atoms with Crippen LogP contribution in [0.5, 0.6) is 0 Å². The molecular weight excluding hydrogens is 256 g/mol. The number of primary sulfonamides is 1. The minimum Gasteiger partial charge on any atom is -0.394 e. The monoisotopic (exact) mass is 276 g/mol. The molecule has 0 aromatic heterocycles. The molecule has 0 spiro atoms. The highest BCUT2D eigenvalue weighted by atomic mass is 32.2. The normalized spacial score (nSPS) is 28.0. The Balaban J connectivity index is 2.09. The standard InChI is InChI=1S/C11H20N2O4S/c12-18(16,17)7-9-5-10(15)13(6-9)11(8-14)3-1-2-4-11/h9,14H,1-8H2,(H2,12,16,17). The van der Waals surface area contributed by atoms with Crippen molar-refractivity contribution in [2.45, 2.75) is 37.6 Å². The second-order valence-corrected chi connectivity index (χ2v) is 7.15. The number of hydrogen-bond acceptors (Lipinski definition) is 4. The van der Waals surface area contributed by atoms with Gasteiger partial charge in [-0.15, -0.1) is 0 Å². The van der Waals surface area contributed by atoms with E-state index < -0.39 is 15.6 Å². The topological polar surface area (TPSA) is 101 Å². The zero-order chi connectivity index (χ0) is 13.4. The van der Waals surface area contributed by atoms with Crippen molar-refractivity contribution in [1.82, 2.24) is 4.90 Å². The lowest BCUT2D eigenvalue weighted by Crippen LogP contribution is -2.50. The summed E-state index contributed by atoms with van der Waals surface area (Å²) in [6.45, 7) is 0.358. The molecule has 1 aliphatic carbocycles. The minimum atomic E-state index is -3.55. The third-order valence-electron chi connectivity index (χ3n) is 4.07. The molecule has 1 aliphatic heterocycles. The number of nitrogens with two attached hydrogens (primary N) is 1. The van der Waals surface area contributed by atoms with E-state index in [1.807, 2.05) is 0 Å². The summed E-state index contributed by atoms with van der Waals surface area (Å²) in [7, 11) is -3.55. The first kappa shape index (κ1) is 13.8. The SMILES string of the molecule is NS(=O)(=O)CC1CC(=O)N(C2(CO)CCCC2)C1. The minimum absolute atomic E-state index is 0.0408. The number of rotatable bonds is 4. The van der Waals surface area contributed by atoms with E-state index in [0.717, 1.165) is 25.7 Å². The molecule has 1 amide bonds. The van der Waals surface area contributed by atoms with E-state index in [0.29, 0.717) is 6.54 Å². The highest BCUT2D eigenvalue weighted by molar-refractivity contribution is 7.89. The lowest BCUT2D eigenvalue weighted by atomic mass is 9.96. The lowest BCUT2D eigenvalue weighted by molar-refractivity contribution is -0.134. The summed E-state index contributed by atoms with van der Waals surface area (Å²) in [5.74, 6) is -0.451. The van der Waals surface area contributed by atoms with Gasteiger partial charge < -0.3 is 10.0 Å². The molecule has 0 radical (unpaired) electrons. The smallest absolute Gasteiger partial charge is 0.223 e. The van der Waals surface area contributed by atoms with Crippen LogP contribution < -0.4 is 5.14 Å². The molecule has 1 saturated carbocycles. The Kier molecular flexibility index (Phi) is 3.66. The van der Waals surface area contributed by atoms with Crippen LogP contribution in [0.15, 0.2) is 0 Å². The number of carbonyl (C=O) groups excluding carboxylic acids is 1. The quantitative estimate of drug-likeness (QED) is 0.718. The van der Waals surface area contributed by atoms with Gasteiger partial charge in [0.05, 0.1) is 17.9 Å². The summed E-state index contributed by atoms with van der Waals surface area (Å²) in [5, 5.41) is 14.6. The summed E-state index contributed by atoms with van der Waals surface area (Å²) < 4.78 is 22.1. The molecular formula is C11H20N2O4S. The summed E-state index contributed by atoms with van der Waals surface area (Å²) in [6.07, 6.45) is 3.83. The van der Waals surface area contributed by atoms with Gasteiger partial charge >= 0.3 is 0 Å². The van der Waals surface area contributed by atoms with Crippen molar-refractivity contribution in [1.29, 1.82) is 0 Å². The van der Waals surface area contributed by atoms with Gasteiger partial charge in [-0.25, -0.2) is 13.6 Å². The average molecular weight is 276 g/mol. The molecule has 104 valence electrons. The lowest BCUT2D eigenvalue weighted by Gasteiger charge is -2.37. The summed E-state index contributed by atoms with van der Waals surface area (Å²) >= 11 is 0. The van der Waals surface area contributed by atoms with Gasteiger partial charge in [-0.1, -0.05) is 12.8 Å². The molecule has 2 fully saturated rings. The molecule has 1 unspecified atom stereocenters. The van der Waals surface area contributed by atoms with Crippen molar-refractivity contribution in [2.75, 3.05) is 18.9 Å². The Bertz CT molecular complexity index is 428. The molecule has 7 heteroatoms. The van der Waals surface area contributed by atoms with Gasteiger partial charge in [0, 0.05) is 18.9 Å². The number of carbonyl (C=O) groups is 1. The molecule has 0 bridgehead atoms. The Morgan fingerprint density at radius 1 is 1.39 bits per heavy atom. The number of nitrogens with zero attached hydrogens (tertiary/aromatic N) is 1. The maximum atomic E-state index is 12.0. The molecule has 6 nitrogen and oxygen atoms in total. The van der Waals surface area contributed by atoms with Crippen LogP contribution in [0, 0.1) is 5.92 Å². The predicted octanol–water partition coefficient (Wildman–Crippen LogP) is -0.571. The van der Waals surface area contributed by atoms with Crippen LogP contribution in [0.1, 0.15) is 32.1 Å². The molecule has 3 N–H and O–H groups in total. The molecule has 1 atom stereocenters. The largest absolute Gasteiger partial charge is 0.394 e. The van der Waals surface area contributed by atoms with Crippen molar-refractivity contribution in [3.05, 3.63) is 0 Å². The average Bonchev–Trinajstić information content (AvgIpc) is 2.83. The first-order chi connectivity index (χ1) is 8.36. The summed E-state index contributed by atoms with van der Waals surface area (Å²) in [6, 6.07) is 0. The van der Waals surface area contributed by atoms with E-state index in [1.54, 1.807) is 4.90 Å². The van der Waals surface area contributed by atoms with E-state index in [1.165, 1.54) is 0 Å². The van der Waals surface area contributed by atoms with Crippen molar-refractivity contribution in [2.24, 2.45) is 11.1 Å². The number of aliphatic hydroxyl groups is 1. The Labute approximate surface area is 107 Å². The third-order valence-corrected chi connectivity index (χ3v) is 5.01. The second kappa shape index (κ2) is 4.79. The molecule has 1 saturated heterocycles. The zero-order valence-corrected chi connectivity index (χ0v) is 11.2.